The second kappa shape index (κ2) is 8.35. The number of carbonyl (C=O) groups is 2. The van der Waals surface area contributed by atoms with Crippen molar-refractivity contribution in [1.82, 2.24) is 4.57 Å². The van der Waals surface area contributed by atoms with Crippen LogP contribution in [-0.4, -0.2) is 29.8 Å². The lowest BCUT2D eigenvalue weighted by Crippen LogP contribution is -2.19. The van der Waals surface area contributed by atoms with Crippen molar-refractivity contribution in [3.05, 3.63) is 16.9 Å². The minimum absolute atomic E-state index is 0.150. The lowest BCUT2D eigenvalue weighted by Gasteiger charge is -2.06. The summed E-state index contributed by atoms with van der Waals surface area (Å²) in [4.78, 5) is 28.7. The molecule has 1 amide bonds. The van der Waals surface area contributed by atoms with Gasteiger partial charge in [-0.3, -0.25) is 9.59 Å². The summed E-state index contributed by atoms with van der Waals surface area (Å²) in [6.07, 6.45) is 2.39. The Morgan fingerprint density at radius 3 is 2.73 bits per heavy atom. The van der Waals surface area contributed by atoms with Gasteiger partial charge < -0.3 is 18.8 Å². The van der Waals surface area contributed by atoms with Crippen molar-refractivity contribution in [2.75, 3.05) is 13.4 Å². The lowest BCUT2D eigenvalue weighted by molar-refractivity contribution is -0.143. The molecule has 26 heavy (non-hydrogen) atoms. The number of nitrogens with zero attached hydrogens (tertiary/aromatic N) is 2. The number of thiazole rings is 1. The molecule has 0 bridgehead atoms. The van der Waals surface area contributed by atoms with E-state index < -0.39 is 0 Å². The molecule has 0 unspecified atom stereocenters. The molecule has 0 radical (unpaired) electrons. The van der Waals surface area contributed by atoms with Crippen LogP contribution in [0.3, 0.4) is 0 Å². The zero-order chi connectivity index (χ0) is 18.5. The van der Waals surface area contributed by atoms with E-state index in [1.165, 1.54) is 11.3 Å². The van der Waals surface area contributed by atoms with Gasteiger partial charge >= 0.3 is 5.97 Å². The van der Waals surface area contributed by atoms with Crippen LogP contribution >= 0.6 is 11.3 Å². The van der Waals surface area contributed by atoms with Crippen molar-refractivity contribution in [3.8, 4) is 11.5 Å². The van der Waals surface area contributed by atoms with Crippen LogP contribution < -0.4 is 14.3 Å². The molecule has 1 aliphatic heterocycles. The van der Waals surface area contributed by atoms with E-state index in [9.17, 15) is 9.59 Å². The second-order valence-electron chi connectivity index (χ2n) is 5.87. The van der Waals surface area contributed by atoms with Gasteiger partial charge in [-0.25, -0.2) is 0 Å². The summed E-state index contributed by atoms with van der Waals surface area (Å²) in [6.45, 7) is 4.74. The van der Waals surface area contributed by atoms with Crippen LogP contribution in [0.2, 0.25) is 0 Å². The Morgan fingerprint density at radius 2 is 2.00 bits per heavy atom. The van der Waals surface area contributed by atoms with Gasteiger partial charge in [-0.15, -0.1) is 0 Å². The summed E-state index contributed by atoms with van der Waals surface area (Å²) in [5.41, 5.74) is 0.866. The summed E-state index contributed by atoms with van der Waals surface area (Å²) in [5, 5.41) is 0. The maximum atomic E-state index is 12.1. The van der Waals surface area contributed by atoms with E-state index in [1.807, 2.05) is 23.6 Å². The van der Waals surface area contributed by atoms with E-state index in [-0.39, 0.29) is 25.1 Å². The Bertz CT molecular complexity index is 884. The number of aromatic nitrogens is 1. The zero-order valence-electron chi connectivity index (χ0n) is 14.9. The quantitative estimate of drug-likeness (QED) is 0.692. The number of aryl methyl sites for hydroxylation is 1. The molecule has 2 heterocycles. The predicted molar refractivity (Wildman–Crippen MR) is 97.3 cm³/mol. The molecule has 140 valence electrons. The van der Waals surface area contributed by atoms with E-state index in [0.717, 1.165) is 23.1 Å². The first-order chi connectivity index (χ1) is 12.6. The number of esters is 1. The highest BCUT2D eigenvalue weighted by Crippen LogP contribution is 2.37. The largest absolute Gasteiger partial charge is 0.466 e. The number of rotatable bonds is 7. The van der Waals surface area contributed by atoms with E-state index >= 15 is 0 Å². The average Bonchev–Trinajstić information content (AvgIpc) is 3.19. The number of benzene rings is 1. The third-order valence-corrected chi connectivity index (χ3v) is 5.03. The summed E-state index contributed by atoms with van der Waals surface area (Å²) >= 11 is 1.40. The Hall–Kier alpha value is -2.35. The van der Waals surface area contributed by atoms with Crippen LogP contribution in [0.4, 0.5) is 0 Å². The monoisotopic (exact) mass is 378 g/mol. The number of hydrogen-bond donors (Lipinski definition) is 0. The molecule has 0 aliphatic carbocycles. The van der Waals surface area contributed by atoms with Crippen LogP contribution in [0.5, 0.6) is 11.5 Å². The highest BCUT2D eigenvalue weighted by atomic mass is 32.1. The lowest BCUT2D eigenvalue weighted by atomic mass is 10.2. The third kappa shape index (κ3) is 4.07. The smallest absolute Gasteiger partial charge is 0.307 e. The molecule has 0 spiro atoms. The van der Waals surface area contributed by atoms with Gasteiger partial charge in [-0.2, -0.15) is 4.99 Å². The Morgan fingerprint density at radius 1 is 1.23 bits per heavy atom. The molecule has 1 aromatic heterocycles. The maximum absolute atomic E-state index is 12.1. The molecule has 0 atom stereocenters. The molecular weight excluding hydrogens is 356 g/mol. The second-order valence-corrected chi connectivity index (χ2v) is 6.88. The SMILES string of the molecule is CCCCC(=O)N=c1sc2cc3c(cc2n1CCC(=O)OCC)OCO3. The number of hydrogen-bond acceptors (Lipinski definition) is 6. The average molecular weight is 378 g/mol. The third-order valence-electron chi connectivity index (χ3n) is 3.99. The van der Waals surface area contributed by atoms with Crippen molar-refractivity contribution >= 4 is 33.4 Å². The first-order valence-electron chi connectivity index (χ1n) is 8.78. The number of amides is 1. The van der Waals surface area contributed by atoms with Crippen LogP contribution in [0.1, 0.15) is 39.5 Å². The first-order valence-corrected chi connectivity index (χ1v) is 9.60. The minimum atomic E-state index is -0.275. The Labute approximate surface area is 155 Å². The molecule has 0 fully saturated rings. The minimum Gasteiger partial charge on any atom is -0.466 e. The van der Waals surface area contributed by atoms with Gasteiger partial charge in [0.05, 0.1) is 23.2 Å². The normalized spacial score (nSPS) is 13.4. The van der Waals surface area contributed by atoms with Crippen molar-refractivity contribution in [3.63, 3.8) is 0 Å². The molecule has 2 aromatic rings. The molecule has 0 N–H and O–H groups in total. The van der Waals surface area contributed by atoms with Gasteiger partial charge in [0.2, 0.25) is 12.7 Å². The molecule has 0 saturated heterocycles. The standard InChI is InChI=1S/C18H22N2O5S/c1-3-5-6-16(21)19-18-20(8-7-17(22)23-4-2)12-9-13-14(25-11-24-13)10-15(12)26-18/h9-10H,3-8,11H2,1-2H3. The van der Waals surface area contributed by atoms with Crippen molar-refractivity contribution in [2.45, 2.75) is 46.1 Å². The van der Waals surface area contributed by atoms with Crippen LogP contribution in [0, 0.1) is 0 Å². The number of unbranched alkanes of at least 4 members (excludes halogenated alkanes) is 1. The number of ether oxygens (including phenoxy) is 3. The molecule has 7 nitrogen and oxygen atoms in total. The molecule has 1 aromatic carbocycles. The molecule has 0 saturated carbocycles. The fourth-order valence-electron chi connectivity index (χ4n) is 2.69. The number of fused-ring (bicyclic) bond motifs is 2. The first kappa shape index (κ1) is 18.4. The molecule has 3 rings (SSSR count). The van der Waals surface area contributed by atoms with E-state index in [2.05, 4.69) is 4.99 Å². The fourth-order valence-corrected chi connectivity index (χ4v) is 3.77. The van der Waals surface area contributed by atoms with E-state index in [1.54, 1.807) is 6.92 Å². The van der Waals surface area contributed by atoms with E-state index in [4.69, 9.17) is 14.2 Å². The summed E-state index contributed by atoms with van der Waals surface area (Å²) in [6, 6.07) is 3.76. The van der Waals surface area contributed by atoms with Gasteiger partial charge in [0.25, 0.3) is 0 Å². The van der Waals surface area contributed by atoms with Crippen molar-refractivity contribution in [1.29, 1.82) is 0 Å². The molecule has 8 heteroatoms. The summed E-state index contributed by atoms with van der Waals surface area (Å²) in [5.74, 6) is 0.913. The Balaban J connectivity index is 1.98. The van der Waals surface area contributed by atoms with Gasteiger partial charge in [-0.1, -0.05) is 24.7 Å². The maximum Gasteiger partial charge on any atom is 0.307 e. The van der Waals surface area contributed by atoms with Gasteiger partial charge in [0.1, 0.15) is 0 Å². The van der Waals surface area contributed by atoms with Gasteiger partial charge in [0, 0.05) is 25.1 Å². The highest BCUT2D eigenvalue weighted by molar-refractivity contribution is 7.16. The summed E-state index contributed by atoms with van der Waals surface area (Å²) in [7, 11) is 0. The van der Waals surface area contributed by atoms with Crippen LogP contribution in [0.15, 0.2) is 17.1 Å². The predicted octanol–water partition coefficient (Wildman–Crippen LogP) is 3.00. The topological polar surface area (TPSA) is 79.1 Å². The van der Waals surface area contributed by atoms with Crippen LogP contribution in [-0.2, 0) is 20.9 Å². The van der Waals surface area contributed by atoms with Crippen LogP contribution in [0.25, 0.3) is 10.2 Å². The Kier molecular flexibility index (Phi) is 5.92. The number of carbonyl (C=O) groups excluding carboxylic acids is 2. The molecule has 1 aliphatic rings. The highest BCUT2D eigenvalue weighted by Gasteiger charge is 2.18. The van der Waals surface area contributed by atoms with Crippen molar-refractivity contribution < 1.29 is 23.8 Å². The van der Waals surface area contributed by atoms with E-state index in [0.29, 0.717) is 35.9 Å². The zero-order valence-corrected chi connectivity index (χ0v) is 15.8. The van der Waals surface area contributed by atoms with Crippen molar-refractivity contribution in [2.24, 2.45) is 4.99 Å². The van der Waals surface area contributed by atoms with Gasteiger partial charge in [0.15, 0.2) is 16.3 Å². The van der Waals surface area contributed by atoms with Gasteiger partial charge in [-0.05, 0) is 13.3 Å². The fraction of sp³-hybridized carbons (Fsp3) is 0.500. The molecular formula is C18H22N2O5S. The summed E-state index contributed by atoms with van der Waals surface area (Å²) < 4.78 is 18.7.